The first-order valence-corrected chi connectivity index (χ1v) is 5.89. The van der Waals surface area contributed by atoms with Crippen molar-refractivity contribution in [2.24, 2.45) is 0 Å². The van der Waals surface area contributed by atoms with Gasteiger partial charge in [-0.3, -0.25) is 0 Å². The second kappa shape index (κ2) is 7.49. The zero-order valence-corrected chi connectivity index (χ0v) is 10.1. The van der Waals surface area contributed by atoms with Gasteiger partial charge in [-0.05, 0) is 43.2 Å². The summed E-state index contributed by atoms with van der Waals surface area (Å²) in [6, 6.07) is 5.98. The molecule has 0 aliphatic carbocycles. The minimum Gasteiger partial charge on any atom is -0.508 e. The van der Waals surface area contributed by atoms with Crippen LogP contribution in [0.5, 0.6) is 5.75 Å². The van der Waals surface area contributed by atoms with E-state index in [4.69, 9.17) is 9.84 Å². The van der Waals surface area contributed by atoms with Crippen molar-refractivity contribution < 1.29 is 14.6 Å². The number of aromatic hydroxyl groups is 1. The summed E-state index contributed by atoms with van der Waals surface area (Å²) in [6.07, 6.45) is 7.71. The Kier molecular flexibility index (Phi) is 5.86. The SMILES string of the molecule is CCCCC/C=C/OC(=O)c1ccc(O)cc1. The fourth-order valence-electron chi connectivity index (χ4n) is 1.36. The van der Waals surface area contributed by atoms with Crippen LogP contribution in [0.15, 0.2) is 36.6 Å². The molecule has 0 bridgehead atoms. The molecule has 1 N–H and O–H groups in total. The molecule has 0 amide bonds. The second-order valence-electron chi connectivity index (χ2n) is 3.82. The first-order valence-electron chi connectivity index (χ1n) is 5.89. The number of allylic oxidation sites excluding steroid dienone is 1. The number of phenolic OH excluding ortho intramolecular Hbond substituents is 1. The predicted molar refractivity (Wildman–Crippen MR) is 66.8 cm³/mol. The van der Waals surface area contributed by atoms with Crippen LogP contribution < -0.4 is 0 Å². The summed E-state index contributed by atoms with van der Waals surface area (Å²) in [4.78, 5) is 11.5. The molecule has 1 aromatic carbocycles. The Bertz CT molecular complexity index is 366. The molecular formula is C14H18O3. The number of phenols is 1. The van der Waals surface area contributed by atoms with Gasteiger partial charge in [-0.2, -0.15) is 0 Å². The third-order valence-corrected chi connectivity index (χ3v) is 2.35. The topological polar surface area (TPSA) is 46.5 Å². The van der Waals surface area contributed by atoms with Gasteiger partial charge in [0.2, 0.25) is 0 Å². The van der Waals surface area contributed by atoms with E-state index < -0.39 is 5.97 Å². The maximum Gasteiger partial charge on any atom is 0.342 e. The molecule has 17 heavy (non-hydrogen) atoms. The fraction of sp³-hybridized carbons (Fsp3) is 0.357. The number of esters is 1. The zero-order chi connectivity index (χ0) is 12.5. The monoisotopic (exact) mass is 234 g/mol. The summed E-state index contributed by atoms with van der Waals surface area (Å²) < 4.78 is 4.95. The van der Waals surface area contributed by atoms with Crippen LogP contribution in [0.2, 0.25) is 0 Å². The summed E-state index contributed by atoms with van der Waals surface area (Å²) in [5.41, 5.74) is 0.431. The minimum absolute atomic E-state index is 0.136. The van der Waals surface area contributed by atoms with E-state index in [9.17, 15) is 4.79 Å². The second-order valence-corrected chi connectivity index (χ2v) is 3.82. The first kappa shape index (κ1) is 13.3. The normalized spacial score (nSPS) is 10.6. The largest absolute Gasteiger partial charge is 0.508 e. The highest BCUT2D eigenvalue weighted by molar-refractivity contribution is 5.89. The van der Waals surface area contributed by atoms with Crippen molar-refractivity contribution in [2.75, 3.05) is 0 Å². The molecule has 0 unspecified atom stereocenters. The standard InChI is InChI=1S/C14H18O3/c1-2-3-4-5-6-11-17-14(16)12-7-9-13(15)10-8-12/h6-11,15H,2-5H2,1H3/b11-6+. The molecule has 0 fully saturated rings. The van der Waals surface area contributed by atoms with Gasteiger partial charge < -0.3 is 9.84 Å². The summed E-state index contributed by atoms with van der Waals surface area (Å²) >= 11 is 0. The highest BCUT2D eigenvalue weighted by Crippen LogP contribution is 2.10. The lowest BCUT2D eigenvalue weighted by molar-refractivity contribution is 0.0662. The molecule has 1 rings (SSSR count). The van der Waals surface area contributed by atoms with Gasteiger partial charge in [-0.1, -0.05) is 19.8 Å². The van der Waals surface area contributed by atoms with E-state index in [1.807, 2.05) is 6.08 Å². The Labute approximate surface area is 102 Å². The molecule has 0 radical (unpaired) electrons. The molecule has 0 heterocycles. The third-order valence-electron chi connectivity index (χ3n) is 2.35. The fourth-order valence-corrected chi connectivity index (χ4v) is 1.36. The molecule has 0 spiro atoms. The Morgan fingerprint density at radius 2 is 2.00 bits per heavy atom. The van der Waals surface area contributed by atoms with Gasteiger partial charge in [-0.15, -0.1) is 0 Å². The van der Waals surface area contributed by atoms with E-state index in [1.165, 1.54) is 43.4 Å². The molecule has 0 saturated heterocycles. The number of carbonyl (C=O) groups excluding carboxylic acids is 1. The molecule has 3 heteroatoms. The average molecular weight is 234 g/mol. The van der Waals surface area contributed by atoms with Gasteiger partial charge in [0.25, 0.3) is 0 Å². The van der Waals surface area contributed by atoms with Crippen molar-refractivity contribution in [3.63, 3.8) is 0 Å². The molecular weight excluding hydrogens is 216 g/mol. The lowest BCUT2D eigenvalue weighted by Crippen LogP contribution is -1.99. The van der Waals surface area contributed by atoms with Gasteiger partial charge >= 0.3 is 5.97 Å². The summed E-state index contributed by atoms with van der Waals surface area (Å²) in [5.74, 6) is -0.270. The Balaban J connectivity index is 2.32. The van der Waals surface area contributed by atoms with Crippen LogP contribution in [0.3, 0.4) is 0 Å². The summed E-state index contributed by atoms with van der Waals surface area (Å²) in [6.45, 7) is 2.15. The van der Waals surface area contributed by atoms with E-state index in [-0.39, 0.29) is 5.75 Å². The quantitative estimate of drug-likeness (QED) is 0.464. The third kappa shape index (κ3) is 5.20. The number of unbranched alkanes of at least 4 members (excludes halogenated alkanes) is 3. The van der Waals surface area contributed by atoms with Crippen molar-refractivity contribution in [3.8, 4) is 5.75 Å². The molecule has 0 saturated carbocycles. The number of hydrogen-bond acceptors (Lipinski definition) is 3. The average Bonchev–Trinajstić information content (AvgIpc) is 2.34. The first-order chi connectivity index (χ1) is 8.24. The smallest absolute Gasteiger partial charge is 0.342 e. The molecule has 0 atom stereocenters. The van der Waals surface area contributed by atoms with Gasteiger partial charge in [-0.25, -0.2) is 4.79 Å². The van der Waals surface area contributed by atoms with Crippen LogP contribution in [0.4, 0.5) is 0 Å². The summed E-state index contributed by atoms with van der Waals surface area (Å²) in [5, 5.41) is 9.07. The number of rotatable bonds is 6. The maximum atomic E-state index is 11.5. The molecule has 3 nitrogen and oxygen atoms in total. The Hall–Kier alpha value is -1.77. The van der Waals surface area contributed by atoms with E-state index >= 15 is 0 Å². The van der Waals surface area contributed by atoms with Crippen molar-refractivity contribution in [2.45, 2.75) is 32.6 Å². The van der Waals surface area contributed by atoms with Gasteiger partial charge in [0.1, 0.15) is 5.75 Å². The van der Waals surface area contributed by atoms with Gasteiger partial charge in [0, 0.05) is 0 Å². The number of hydrogen-bond donors (Lipinski definition) is 1. The Morgan fingerprint density at radius 1 is 1.29 bits per heavy atom. The van der Waals surface area contributed by atoms with Crippen molar-refractivity contribution in [3.05, 3.63) is 42.2 Å². The molecule has 92 valence electrons. The lowest BCUT2D eigenvalue weighted by Gasteiger charge is -1.99. The number of benzene rings is 1. The van der Waals surface area contributed by atoms with Crippen LogP contribution in [0.25, 0.3) is 0 Å². The van der Waals surface area contributed by atoms with Crippen LogP contribution in [-0.4, -0.2) is 11.1 Å². The van der Waals surface area contributed by atoms with Crippen LogP contribution in [0, 0.1) is 0 Å². The predicted octanol–water partition coefficient (Wildman–Crippen LogP) is 3.64. The van der Waals surface area contributed by atoms with Gasteiger partial charge in [0.05, 0.1) is 11.8 Å². The van der Waals surface area contributed by atoms with Crippen LogP contribution in [-0.2, 0) is 4.74 Å². The summed E-state index contributed by atoms with van der Waals surface area (Å²) in [7, 11) is 0. The van der Waals surface area contributed by atoms with E-state index in [1.54, 1.807) is 0 Å². The molecule has 0 aliphatic rings. The van der Waals surface area contributed by atoms with Crippen molar-refractivity contribution >= 4 is 5.97 Å². The molecule has 1 aromatic rings. The maximum absolute atomic E-state index is 11.5. The molecule has 0 aromatic heterocycles. The lowest BCUT2D eigenvalue weighted by atomic mass is 10.2. The number of carbonyl (C=O) groups is 1. The minimum atomic E-state index is -0.406. The van der Waals surface area contributed by atoms with Crippen molar-refractivity contribution in [1.82, 2.24) is 0 Å². The van der Waals surface area contributed by atoms with E-state index in [0.29, 0.717) is 5.56 Å². The number of ether oxygens (including phenoxy) is 1. The zero-order valence-electron chi connectivity index (χ0n) is 10.1. The van der Waals surface area contributed by atoms with Crippen LogP contribution >= 0.6 is 0 Å². The highest BCUT2D eigenvalue weighted by Gasteiger charge is 2.04. The molecule has 0 aliphatic heterocycles. The van der Waals surface area contributed by atoms with Gasteiger partial charge in [0.15, 0.2) is 0 Å². The van der Waals surface area contributed by atoms with Crippen molar-refractivity contribution in [1.29, 1.82) is 0 Å². The Morgan fingerprint density at radius 3 is 2.65 bits per heavy atom. The van der Waals surface area contributed by atoms with Crippen LogP contribution in [0.1, 0.15) is 43.0 Å². The highest BCUT2D eigenvalue weighted by atomic mass is 16.5. The van der Waals surface area contributed by atoms with E-state index in [2.05, 4.69) is 6.92 Å². The van der Waals surface area contributed by atoms with E-state index in [0.717, 1.165) is 12.8 Å².